The van der Waals surface area contributed by atoms with Crippen molar-refractivity contribution in [2.45, 2.75) is 33.6 Å². The molecule has 0 atom stereocenters. The first-order valence-electron chi connectivity index (χ1n) is 6.24. The van der Waals surface area contributed by atoms with E-state index in [4.69, 9.17) is 0 Å². The van der Waals surface area contributed by atoms with Gasteiger partial charge in [-0.05, 0) is 23.6 Å². The van der Waals surface area contributed by atoms with Gasteiger partial charge in [0.05, 0.1) is 17.9 Å². The molecule has 3 nitrogen and oxygen atoms in total. The number of benzene rings is 1. The highest BCUT2D eigenvalue weighted by atomic mass is 16.2. The maximum Gasteiger partial charge on any atom is 0.246 e. The third kappa shape index (κ3) is 2.78. The van der Waals surface area contributed by atoms with E-state index >= 15 is 0 Å². The average molecular weight is 234 g/mol. The Morgan fingerprint density at radius 1 is 1.29 bits per heavy atom. The van der Waals surface area contributed by atoms with Gasteiger partial charge in [-0.3, -0.25) is 4.79 Å². The van der Waals surface area contributed by atoms with Gasteiger partial charge in [0, 0.05) is 7.05 Å². The summed E-state index contributed by atoms with van der Waals surface area (Å²) in [5.74, 6) is 0.601. The fourth-order valence-electron chi connectivity index (χ4n) is 1.76. The van der Waals surface area contributed by atoms with Crippen LogP contribution in [0.5, 0.6) is 0 Å². The molecule has 1 aliphatic heterocycles. The van der Waals surface area contributed by atoms with Gasteiger partial charge >= 0.3 is 0 Å². The van der Waals surface area contributed by atoms with Crippen LogP contribution in [0.1, 0.15) is 39.2 Å². The highest BCUT2D eigenvalue weighted by Gasteiger charge is 2.20. The van der Waals surface area contributed by atoms with Gasteiger partial charge in [0.1, 0.15) is 0 Å². The van der Waals surface area contributed by atoms with Crippen molar-refractivity contribution in [2.24, 2.45) is 0 Å². The van der Waals surface area contributed by atoms with Crippen LogP contribution >= 0.6 is 0 Å². The molecule has 0 aliphatic carbocycles. The molecule has 1 N–H and O–H groups in total. The summed E-state index contributed by atoms with van der Waals surface area (Å²) >= 11 is 0. The lowest BCUT2D eigenvalue weighted by Crippen LogP contribution is -2.36. The van der Waals surface area contributed by atoms with Gasteiger partial charge in [0.15, 0.2) is 0 Å². The van der Waals surface area contributed by atoms with E-state index < -0.39 is 0 Å². The fourth-order valence-corrected chi connectivity index (χ4v) is 1.76. The minimum atomic E-state index is 0.114. The standard InChI is InChI=1S/C12H16N2O.C2H6/c1-8(2)9-4-5-10-11(6-9)14(3)12(15)7-13-10;1-2/h4-6,8,13H,7H2,1-3H3;1-2H3. The molecule has 0 unspecified atom stereocenters. The number of likely N-dealkylation sites (N-methyl/N-ethyl adjacent to an activating group) is 1. The van der Waals surface area contributed by atoms with Gasteiger partial charge in [-0.25, -0.2) is 0 Å². The quantitative estimate of drug-likeness (QED) is 0.809. The zero-order chi connectivity index (χ0) is 13.0. The largest absolute Gasteiger partial charge is 0.374 e. The Morgan fingerprint density at radius 3 is 2.53 bits per heavy atom. The van der Waals surface area contributed by atoms with Crippen molar-refractivity contribution < 1.29 is 4.79 Å². The van der Waals surface area contributed by atoms with Crippen LogP contribution in [-0.2, 0) is 4.79 Å². The number of amides is 1. The van der Waals surface area contributed by atoms with Crippen LogP contribution < -0.4 is 10.2 Å². The average Bonchev–Trinajstić information content (AvgIpc) is 2.36. The molecule has 1 amide bonds. The molecule has 1 aliphatic rings. The van der Waals surface area contributed by atoms with Crippen LogP contribution in [0, 0.1) is 0 Å². The lowest BCUT2D eigenvalue weighted by atomic mass is 10.0. The van der Waals surface area contributed by atoms with Crippen LogP contribution in [-0.4, -0.2) is 19.5 Å². The van der Waals surface area contributed by atoms with Crippen molar-refractivity contribution in [1.82, 2.24) is 0 Å². The maximum absolute atomic E-state index is 11.5. The van der Waals surface area contributed by atoms with Crippen LogP contribution in [0.2, 0.25) is 0 Å². The molecular formula is C14H22N2O. The zero-order valence-corrected chi connectivity index (χ0v) is 11.4. The van der Waals surface area contributed by atoms with E-state index in [1.807, 2.05) is 27.0 Å². The predicted molar refractivity (Wildman–Crippen MR) is 73.8 cm³/mol. The monoisotopic (exact) mass is 234 g/mol. The first kappa shape index (κ1) is 13.6. The first-order chi connectivity index (χ1) is 8.09. The minimum Gasteiger partial charge on any atom is -0.374 e. The van der Waals surface area contributed by atoms with Gasteiger partial charge in [0.2, 0.25) is 5.91 Å². The number of hydrogen-bond acceptors (Lipinski definition) is 2. The van der Waals surface area contributed by atoms with Gasteiger partial charge < -0.3 is 10.2 Å². The molecule has 1 heterocycles. The minimum absolute atomic E-state index is 0.114. The second kappa shape index (κ2) is 5.71. The first-order valence-corrected chi connectivity index (χ1v) is 6.24. The Balaban J connectivity index is 0.000000686. The molecule has 94 valence electrons. The molecular weight excluding hydrogens is 212 g/mol. The SMILES string of the molecule is CC.CC(C)c1ccc2c(c1)N(C)C(=O)CN2. The van der Waals surface area contributed by atoms with E-state index in [9.17, 15) is 4.79 Å². The second-order valence-electron chi connectivity index (χ2n) is 4.24. The molecule has 3 heteroatoms. The number of fused-ring (bicyclic) bond motifs is 1. The van der Waals surface area contributed by atoms with Crippen molar-refractivity contribution in [3.8, 4) is 0 Å². The van der Waals surface area contributed by atoms with Crippen molar-refractivity contribution >= 4 is 17.3 Å². The molecule has 0 bridgehead atoms. The van der Waals surface area contributed by atoms with Crippen molar-refractivity contribution in [3.63, 3.8) is 0 Å². The van der Waals surface area contributed by atoms with Crippen molar-refractivity contribution in [3.05, 3.63) is 23.8 Å². The number of nitrogens with zero attached hydrogens (tertiary/aromatic N) is 1. The summed E-state index contributed by atoms with van der Waals surface area (Å²) in [6.45, 7) is 8.70. The Morgan fingerprint density at radius 2 is 1.94 bits per heavy atom. The van der Waals surface area contributed by atoms with Gasteiger partial charge in [0.25, 0.3) is 0 Å². The zero-order valence-electron chi connectivity index (χ0n) is 11.4. The molecule has 1 aromatic rings. The summed E-state index contributed by atoms with van der Waals surface area (Å²) in [4.78, 5) is 13.2. The Kier molecular flexibility index (Phi) is 4.55. The molecule has 0 aromatic heterocycles. The summed E-state index contributed by atoms with van der Waals surface area (Å²) in [7, 11) is 1.83. The lowest BCUT2D eigenvalue weighted by Gasteiger charge is -2.27. The van der Waals surface area contributed by atoms with Crippen LogP contribution in [0.4, 0.5) is 11.4 Å². The van der Waals surface area contributed by atoms with E-state index in [2.05, 4.69) is 31.3 Å². The normalized spacial score (nSPS) is 13.8. The number of anilines is 2. The predicted octanol–water partition coefficient (Wildman–Crippen LogP) is 3.22. The number of carbonyl (C=O) groups excluding carboxylic acids is 1. The van der Waals surface area contributed by atoms with Gasteiger partial charge in [-0.15, -0.1) is 0 Å². The second-order valence-corrected chi connectivity index (χ2v) is 4.24. The van der Waals surface area contributed by atoms with Crippen LogP contribution in [0.25, 0.3) is 0 Å². The van der Waals surface area contributed by atoms with Crippen molar-refractivity contribution in [1.29, 1.82) is 0 Å². The Hall–Kier alpha value is -1.51. The number of rotatable bonds is 1. The topological polar surface area (TPSA) is 32.3 Å². The molecule has 0 fully saturated rings. The van der Waals surface area contributed by atoms with E-state index in [1.165, 1.54) is 5.56 Å². The number of hydrogen-bond donors (Lipinski definition) is 1. The van der Waals surface area contributed by atoms with E-state index in [0.29, 0.717) is 12.5 Å². The summed E-state index contributed by atoms with van der Waals surface area (Å²) in [6.07, 6.45) is 0. The maximum atomic E-state index is 11.5. The van der Waals surface area contributed by atoms with Gasteiger partial charge in [-0.1, -0.05) is 33.8 Å². The highest BCUT2D eigenvalue weighted by Crippen LogP contribution is 2.31. The molecule has 2 rings (SSSR count). The summed E-state index contributed by atoms with van der Waals surface area (Å²) < 4.78 is 0. The third-order valence-electron chi connectivity index (χ3n) is 2.85. The molecule has 0 spiro atoms. The molecule has 0 saturated carbocycles. The van der Waals surface area contributed by atoms with E-state index in [0.717, 1.165) is 11.4 Å². The van der Waals surface area contributed by atoms with Crippen LogP contribution in [0.15, 0.2) is 18.2 Å². The van der Waals surface area contributed by atoms with Gasteiger partial charge in [-0.2, -0.15) is 0 Å². The summed E-state index contributed by atoms with van der Waals surface area (Å²) in [5, 5.41) is 3.12. The smallest absolute Gasteiger partial charge is 0.246 e. The summed E-state index contributed by atoms with van der Waals surface area (Å²) in [5.41, 5.74) is 3.29. The Labute approximate surface area is 104 Å². The van der Waals surface area contributed by atoms with E-state index in [-0.39, 0.29) is 5.91 Å². The van der Waals surface area contributed by atoms with Crippen molar-refractivity contribution in [2.75, 3.05) is 23.8 Å². The third-order valence-corrected chi connectivity index (χ3v) is 2.85. The molecule has 0 radical (unpaired) electrons. The number of carbonyl (C=O) groups is 1. The highest BCUT2D eigenvalue weighted by molar-refractivity contribution is 6.02. The molecule has 0 saturated heterocycles. The summed E-state index contributed by atoms with van der Waals surface area (Å²) in [6, 6.07) is 6.25. The van der Waals surface area contributed by atoms with E-state index in [1.54, 1.807) is 4.90 Å². The fraction of sp³-hybridized carbons (Fsp3) is 0.500. The lowest BCUT2D eigenvalue weighted by molar-refractivity contribution is -0.116. The molecule has 1 aromatic carbocycles. The molecule has 17 heavy (non-hydrogen) atoms. The van der Waals surface area contributed by atoms with Crippen LogP contribution in [0.3, 0.4) is 0 Å². The number of nitrogens with one attached hydrogen (secondary N) is 1. The Bertz CT molecular complexity index is 399.